The van der Waals surface area contributed by atoms with Gasteiger partial charge in [-0.15, -0.1) is 0 Å². The molecule has 10 heteroatoms. The zero-order valence-corrected chi connectivity index (χ0v) is 17.3. The van der Waals surface area contributed by atoms with Gasteiger partial charge < -0.3 is 9.47 Å². The first-order chi connectivity index (χ1) is 12.9. The summed E-state index contributed by atoms with van der Waals surface area (Å²) in [4.78, 5) is 16.7. The molecule has 2 aromatic rings. The van der Waals surface area contributed by atoms with Gasteiger partial charge in [0.05, 0.1) is 19.3 Å². The number of nitrogens with zero attached hydrogens (tertiary/aromatic N) is 2. The molecule has 0 radical (unpaired) electrons. The molecule has 0 atom stereocenters. The van der Waals surface area contributed by atoms with Crippen molar-refractivity contribution in [2.24, 2.45) is 4.99 Å². The van der Waals surface area contributed by atoms with Crippen LogP contribution >= 0.6 is 23.1 Å². The summed E-state index contributed by atoms with van der Waals surface area (Å²) in [5.74, 6) is -0.312. The number of halogens is 4. The molecular formula is C18H20ClF3N2O3S. The molecule has 154 valence electrons. The van der Waals surface area contributed by atoms with E-state index in [-0.39, 0.29) is 22.4 Å². The molecular weight excluding hydrogens is 417 g/mol. The van der Waals surface area contributed by atoms with E-state index in [0.29, 0.717) is 16.3 Å². The lowest BCUT2D eigenvalue weighted by atomic mass is 10.1. The van der Waals surface area contributed by atoms with Crippen LogP contribution in [0.15, 0.2) is 29.4 Å². The second kappa shape index (κ2) is 8.67. The van der Waals surface area contributed by atoms with Crippen LogP contribution in [0.5, 0.6) is 5.75 Å². The minimum atomic E-state index is -4.43. The quantitative estimate of drug-likeness (QED) is 0.677. The smallest absolute Gasteiger partial charge is 0.411 e. The number of benzene rings is 1. The number of ether oxygens (including phenoxy) is 2. The molecule has 1 heterocycles. The number of aromatic nitrogens is 1. The number of methoxy groups -OCH3 is 1. The fourth-order valence-electron chi connectivity index (χ4n) is 2.17. The van der Waals surface area contributed by atoms with E-state index in [1.54, 1.807) is 22.3 Å². The van der Waals surface area contributed by atoms with E-state index in [4.69, 9.17) is 21.1 Å². The monoisotopic (exact) mass is 436 g/mol. The molecule has 0 aliphatic heterocycles. The maximum Gasteiger partial charge on any atom is 0.411 e. The van der Waals surface area contributed by atoms with Crippen molar-refractivity contribution in [3.63, 3.8) is 0 Å². The lowest BCUT2D eigenvalue weighted by molar-refractivity contribution is -0.176. The molecule has 0 bridgehead atoms. The number of hydrogen-bond acceptors (Lipinski definition) is 4. The van der Waals surface area contributed by atoms with Crippen molar-refractivity contribution in [3.8, 4) is 5.75 Å². The molecule has 0 saturated heterocycles. The average Bonchev–Trinajstić information content (AvgIpc) is 2.96. The Balaban J connectivity index is 2.43. The van der Waals surface area contributed by atoms with E-state index < -0.39 is 18.7 Å². The summed E-state index contributed by atoms with van der Waals surface area (Å²) in [5, 5.41) is 0.337. The molecule has 0 N–H and O–H groups in total. The fourth-order valence-corrected chi connectivity index (χ4v) is 3.34. The van der Waals surface area contributed by atoms with Crippen LogP contribution in [0.1, 0.15) is 36.7 Å². The highest BCUT2D eigenvalue weighted by Gasteiger charge is 2.27. The Kier molecular flexibility index (Phi) is 6.95. The molecule has 1 amide bonds. The van der Waals surface area contributed by atoms with Crippen LogP contribution in [0.25, 0.3) is 0 Å². The molecule has 0 fully saturated rings. The number of amides is 1. The van der Waals surface area contributed by atoms with E-state index in [1.807, 2.05) is 20.8 Å². The second-order valence-electron chi connectivity index (χ2n) is 6.92. The van der Waals surface area contributed by atoms with Crippen molar-refractivity contribution in [2.75, 3.05) is 13.7 Å². The van der Waals surface area contributed by atoms with Gasteiger partial charge in [-0.05, 0) is 50.5 Å². The minimum Gasteiger partial charge on any atom is -0.496 e. The van der Waals surface area contributed by atoms with Gasteiger partial charge in [0.2, 0.25) is 0 Å². The molecule has 0 saturated carbocycles. The average molecular weight is 437 g/mol. The number of hydrogen-bond donors (Lipinski definition) is 0. The van der Waals surface area contributed by atoms with Gasteiger partial charge >= 0.3 is 6.18 Å². The summed E-state index contributed by atoms with van der Waals surface area (Å²) in [7, 11) is 1.41. The van der Waals surface area contributed by atoms with Gasteiger partial charge in [0.15, 0.2) is 0 Å². The zero-order chi connectivity index (χ0) is 21.1. The predicted molar refractivity (Wildman–Crippen MR) is 101 cm³/mol. The second-order valence-corrected chi connectivity index (χ2v) is 8.32. The molecule has 28 heavy (non-hydrogen) atoms. The fraction of sp³-hybridized carbons (Fsp3) is 0.444. The Morgan fingerprint density at radius 2 is 1.96 bits per heavy atom. The highest BCUT2D eigenvalue weighted by Crippen LogP contribution is 2.24. The largest absolute Gasteiger partial charge is 0.496 e. The molecule has 2 rings (SSSR count). The number of carbonyl (C=O) groups is 1. The molecule has 0 spiro atoms. The molecule has 1 aromatic heterocycles. The topological polar surface area (TPSA) is 52.8 Å². The molecule has 5 nitrogen and oxygen atoms in total. The summed E-state index contributed by atoms with van der Waals surface area (Å²) in [6.45, 7) is 4.08. The highest BCUT2D eigenvalue weighted by atomic mass is 35.5. The third kappa shape index (κ3) is 6.08. The molecule has 1 aromatic carbocycles. The van der Waals surface area contributed by atoms with E-state index in [9.17, 15) is 18.0 Å². The number of carbonyl (C=O) groups excluding carboxylic acids is 1. The van der Waals surface area contributed by atoms with Crippen molar-refractivity contribution in [1.29, 1.82) is 0 Å². The van der Waals surface area contributed by atoms with E-state index in [2.05, 4.69) is 4.99 Å². The maximum atomic E-state index is 12.7. The van der Waals surface area contributed by atoms with Crippen molar-refractivity contribution < 1.29 is 27.4 Å². The van der Waals surface area contributed by atoms with Crippen LogP contribution in [0.3, 0.4) is 0 Å². The van der Waals surface area contributed by atoms with E-state index in [1.165, 1.54) is 13.2 Å². The third-order valence-corrected chi connectivity index (χ3v) is 5.12. The van der Waals surface area contributed by atoms with Gasteiger partial charge in [0, 0.05) is 22.3 Å². The standard InChI is InChI=1S/C18H20ClF3N2O3S/c1-17(2,3)24-8-11(9-27-10-18(20,21)22)16(28-24)23-15(25)13-7-12(19)5-6-14(13)26-4/h5-8H,9-10H2,1-4H3. The number of alkyl halides is 3. The van der Waals surface area contributed by atoms with Crippen LogP contribution in [-0.2, 0) is 16.9 Å². The van der Waals surface area contributed by atoms with Gasteiger partial charge in [-0.25, -0.2) is 0 Å². The first kappa shape index (κ1) is 22.4. The number of rotatable bonds is 5. The lowest BCUT2D eigenvalue weighted by Gasteiger charge is -2.19. The van der Waals surface area contributed by atoms with Crippen molar-refractivity contribution in [3.05, 3.63) is 45.2 Å². The summed E-state index contributed by atoms with van der Waals surface area (Å²) in [6.07, 6.45) is -2.79. The molecule has 0 unspecified atom stereocenters. The van der Waals surface area contributed by atoms with E-state index >= 15 is 0 Å². The lowest BCUT2D eigenvalue weighted by Crippen LogP contribution is -2.18. The van der Waals surface area contributed by atoms with Crippen molar-refractivity contribution >= 4 is 29.0 Å². The first-order valence-electron chi connectivity index (χ1n) is 8.20. The minimum absolute atomic E-state index is 0.160. The Hall–Kier alpha value is -1.84. The summed E-state index contributed by atoms with van der Waals surface area (Å²) >= 11 is 7.11. The van der Waals surface area contributed by atoms with Crippen LogP contribution in [-0.4, -0.2) is 29.8 Å². The van der Waals surface area contributed by atoms with Crippen molar-refractivity contribution in [2.45, 2.75) is 39.1 Å². The normalized spacial score (nSPS) is 13.1. The predicted octanol–water partition coefficient (Wildman–Crippen LogP) is 4.79. The Morgan fingerprint density at radius 1 is 1.29 bits per heavy atom. The molecule has 0 aliphatic rings. The zero-order valence-electron chi connectivity index (χ0n) is 15.8. The van der Waals surface area contributed by atoms with Crippen LogP contribution in [0, 0.1) is 0 Å². The summed E-state index contributed by atoms with van der Waals surface area (Å²) in [6, 6.07) is 4.55. The van der Waals surface area contributed by atoms with Gasteiger partial charge in [0.1, 0.15) is 17.0 Å². The van der Waals surface area contributed by atoms with Crippen LogP contribution < -0.4 is 9.41 Å². The van der Waals surface area contributed by atoms with Gasteiger partial charge in [-0.1, -0.05) is 11.6 Å². The van der Waals surface area contributed by atoms with Crippen LogP contribution in [0.2, 0.25) is 5.02 Å². The molecule has 0 aliphatic carbocycles. The van der Waals surface area contributed by atoms with Crippen LogP contribution in [0.4, 0.5) is 13.2 Å². The third-order valence-electron chi connectivity index (χ3n) is 3.51. The summed E-state index contributed by atoms with van der Waals surface area (Å²) in [5.41, 5.74) is 0.208. The first-order valence-corrected chi connectivity index (χ1v) is 9.35. The van der Waals surface area contributed by atoms with Gasteiger partial charge in [0.25, 0.3) is 5.91 Å². The Labute approximate surface area is 169 Å². The maximum absolute atomic E-state index is 12.7. The van der Waals surface area contributed by atoms with Crippen molar-refractivity contribution in [1.82, 2.24) is 3.96 Å². The highest BCUT2D eigenvalue weighted by molar-refractivity contribution is 7.04. The Bertz CT molecular complexity index is 914. The Morgan fingerprint density at radius 3 is 2.54 bits per heavy atom. The summed E-state index contributed by atoms with van der Waals surface area (Å²) < 4.78 is 49.1. The van der Waals surface area contributed by atoms with Gasteiger partial charge in [-0.2, -0.15) is 18.2 Å². The SMILES string of the molecule is COc1ccc(Cl)cc1C(=O)N=c1sn(C(C)(C)C)cc1COCC(F)(F)F. The van der Waals surface area contributed by atoms with Gasteiger partial charge in [-0.3, -0.25) is 8.75 Å². The van der Waals surface area contributed by atoms with E-state index in [0.717, 1.165) is 11.5 Å².